The van der Waals surface area contributed by atoms with E-state index in [1.54, 1.807) is 0 Å². The van der Waals surface area contributed by atoms with Crippen LogP contribution in [0.1, 0.15) is 15.9 Å². The summed E-state index contributed by atoms with van der Waals surface area (Å²) in [6.45, 7) is 0. The lowest BCUT2D eigenvalue weighted by Crippen LogP contribution is -2.33. The number of alkyl halides is 2. The molecule has 4 nitrogen and oxygen atoms in total. The minimum absolute atomic E-state index is 0.0919. The first-order valence-electron chi connectivity index (χ1n) is 6.16. The van der Waals surface area contributed by atoms with Crippen molar-refractivity contribution in [3.63, 3.8) is 0 Å². The fraction of sp³-hybridized carbons (Fsp3) is 0.0667. The van der Waals surface area contributed by atoms with Gasteiger partial charge in [0.2, 0.25) is 0 Å². The van der Waals surface area contributed by atoms with Crippen molar-refractivity contribution in [2.45, 2.75) is 5.92 Å². The van der Waals surface area contributed by atoms with Gasteiger partial charge in [0, 0.05) is 5.56 Å². The Morgan fingerprint density at radius 2 is 1.59 bits per heavy atom. The Bertz CT molecular complexity index is 715. The van der Waals surface area contributed by atoms with E-state index in [-0.39, 0.29) is 11.3 Å². The molecule has 0 aliphatic heterocycles. The highest BCUT2D eigenvalue weighted by molar-refractivity contribution is 6.04. The van der Waals surface area contributed by atoms with Gasteiger partial charge in [-0.2, -0.15) is 8.78 Å². The van der Waals surface area contributed by atoms with E-state index in [9.17, 15) is 22.8 Å². The van der Waals surface area contributed by atoms with Gasteiger partial charge in [-0.3, -0.25) is 9.59 Å². The van der Waals surface area contributed by atoms with Crippen LogP contribution in [0.4, 0.5) is 18.9 Å². The molecule has 22 heavy (non-hydrogen) atoms. The lowest BCUT2D eigenvalue weighted by atomic mass is 10.1. The normalized spacial score (nSPS) is 11.0. The molecule has 0 bridgehead atoms. The molecule has 0 aliphatic carbocycles. The Morgan fingerprint density at radius 1 is 1.00 bits per heavy atom. The zero-order valence-electron chi connectivity index (χ0n) is 11.1. The van der Waals surface area contributed by atoms with Gasteiger partial charge < -0.3 is 11.1 Å². The predicted molar refractivity (Wildman–Crippen MR) is 73.9 cm³/mol. The van der Waals surface area contributed by atoms with E-state index in [4.69, 9.17) is 5.73 Å². The van der Waals surface area contributed by atoms with Gasteiger partial charge in [0.25, 0.3) is 11.8 Å². The van der Waals surface area contributed by atoms with Crippen molar-refractivity contribution in [3.8, 4) is 0 Å². The summed E-state index contributed by atoms with van der Waals surface area (Å²) in [6.07, 6.45) is 0. The number of carbonyl (C=O) groups is 2. The van der Waals surface area contributed by atoms with E-state index >= 15 is 0 Å². The second-order valence-corrected chi connectivity index (χ2v) is 4.45. The molecular formula is C15H11F3N2O2. The number of nitrogens with one attached hydrogen (secondary N) is 1. The van der Waals surface area contributed by atoms with Gasteiger partial charge >= 0.3 is 5.92 Å². The number of rotatable bonds is 4. The van der Waals surface area contributed by atoms with E-state index in [0.29, 0.717) is 0 Å². The van der Waals surface area contributed by atoms with Crippen molar-refractivity contribution in [2.75, 3.05) is 5.32 Å². The Hall–Kier alpha value is -2.83. The van der Waals surface area contributed by atoms with Crippen LogP contribution in [0.25, 0.3) is 0 Å². The van der Waals surface area contributed by atoms with Crippen molar-refractivity contribution < 1.29 is 22.8 Å². The number of para-hydroxylation sites is 1. The average Bonchev–Trinajstić information content (AvgIpc) is 2.48. The summed E-state index contributed by atoms with van der Waals surface area (Å²) < 4.78 is 40.9. The molecule has 114 valence electrons. The standard InChI is InChI=1S/C15H11F3N2O2/c16-10-7-5-9(6-8-10)15(17,18)14(22)20-12-4-2-1-3-11(12)13(19)21/h1-8H,(H2,19,21)(H,20,22). The number of nitrogens with two attached hydrogens (primary N) is 1. The van der Waals surface area contributed by atoms with Gasteiger partial charge in [0.15, 0.2) is 0 Å². The van der Waals surface area contributed by atoms with Crippen LogP contribution in [0.15, 0.2) is 48.5 Å². The topological polar surface area (TPSA) is 72.2 Å². The molecule has 0 aromatic heterocycles. The lowest BCUT2D eigenvalue weighted by Gasteiger charge is -2.17. The van der Waals surface area contributed by atoms with Crippen LogP contribution >= 0.6 is 0 Å². The van der Waals surface area contributed by atoms with Crippen LogP contribution in [-0.4, -0.2) is 11.8 Å². The van der Waals surface area contributed by atoms with E-state index in [1.807, 2.05) is 5.32 Å². The number of halogens is 3. The summed E-state index contributed by atoms with van der Waals surface area (Å²) in [5.74, 6) is -7.09. The van der Waals surface area contributed by atoms with Crippen LogP contribution < -0.4 is 11.1 Å². The Morgan fingerprint density at radius 3 is 2.18 bits per heavy atom. The quantitative estimate of drug-likeness (QED) is 0.911. The third kappa shape index (κ3) is 3.08. The maximum absolute atomic E-state index is 14.0. The Balaban J connectivity index is 2.28. The maximum atomic E-state index is 14.0. The van der Waals surface area contributed by atoms with E-state index < -0.39 is 29.1 Å². The van der Waals surface area contributed by atoms with E-state index in [2.05, 4.69) is 0 Å². The van der Waals surface area contributed by atoms with Gasteiger partial charge in [-0.25, -0.2) is 4.39 Å². The molecule has 0 saturated heterocycles. The van der Waals surface area contributed by atoms with Crippen molar-refractivity contribution in [2.24, 2.45) is 5.73 Å². The van der Waals surface area contributed by atoms with E-state index in [0.717, 1.165) is 24.3 Å². The first kappa shape index (κ1) is 15.6. The van der Waals surface area contributed by atoms with Gasteiger partial charge in [0.1, 0.15) is 5.82 Å². The summed E-state index contributed by atoms with van der Waals surface area (Å²) in [4.78, 5) is 23.0. The van der Waals surface area contributed by atoms with Crippen LogP contribution in [0.5, 0.6) is 0 Å². The molecule has 0 atom stereocenters. The Kier molecular flexibility index (Phi) is 4.16. The van der Waals surface area contributed by atoms with Crippen LogP contribution in [-0.2, 0) is 10.7 Å². The highest BCUT2D eigenvalue weighted by Crippen LogP contribution is 2.30. The average molecular weight is 308 g/mol. The molecular weight excluding hydrogens is 297 g/mol. The number of carbonyl (C=O) groups excluding carboxylic acids is 2. The third-order valence-corrected chi connectivity index (χ3v) is 2.93. The lowest BCUT2D eigenvalue weighted by molar-refractivity contribution is -0.140. The van der Waals surface area contributed by atoms with Gasteiger partial charge in [-0.15, -0.1) is 0 Å². The molecule has 0 radical (unpaired) electrons. The van der Waals surface area contributed by atoms with Crippen LogP contribution in [0.3, 0.4) is 0 Å². The maximum Gasteiger partial charge on any atom is 0.350 e. The van der Waals surface area contributed by atoms with Crippen LogP contribution in [0.2, 0.25) is 0 Å². The molecule has 2 aromatic carbocycles. The van der Waals surface area contributed by atoms with Crippen molar-refractivity contribution in [1.29, 1.82) is 0 Å². The monoisotopic (exact) mass is 308 g/mol. The first-order valence-corrected chi connectivity index (χ1v) is 6.16. The highest BCUT2D eigenvalue weighted by atomic mass is 19.3. The highest BCUT2D eigenvalue weighted by Gasteiger charge is 2.41. The molecule has 2 rings (SSSR count). The number of hydrogen-bond acceptors (Lipinski definition) is 2. The first-order chi connectivity index (χ1) is 10.3. The van der Waals surface area contributed by atoms with E-state index in [1.165, 1.54) is 24.3 Å². The summed E-state index contributed by atoms with van der Waals surface area (Å²) in [5, 5.41) is 1.96. The number of hydrogen-bond donors (Lipinski definition) is 2. The summed E-state index contributed by atoms with van der Waals surface area (Å²) >= 11 is 0. The van der Waals surface area contributed by atoms with Gasteiger partial charge in [0.05, 0.1) is 11.3 Å². The predicted octanol–water partition coefficient (Wildman–Crippen LogP) is 2.66. The molecule has 7 heteroatoms. The van der Waals surface area contributed by atoms with Gasteiger partial charge in [-0.05, 0) is 36.4 Å². The molecule has 2 aromatic rings. The molecule has 0 aliphatic rings. The molecule has 2 amide bonds. The molecule has 0 heterocycles. The summed E-state index contributed by atoms with van der Waals surface area (Å²) in [6, 6.07) is 8.80. The summed E-state index contributed by atoms with van der Waals surface area (Å²) in [5.41, 5.74) is 4.23. The number of anilines is 1. The fourth-order valence-corrected chi connectivity index (χ4v) is 1.80. The SMILES string of the molecule is NC(=O)c1ccccc1NC(=O)C(F)(F)c1ccc(F)cc1. The molecule has 0 unspecified atom stereocenters. The van der Waals surface area contributed by atoms with Crippen molar-refractivity contribution in [1.82, 2.24) is 0 Å². The molecule has 3 N–H and O–H groups in total. The second kappa shape index (κ2) is 5.88. The molecule has 0 spiro atoms. The number of primary amides is 1. The van der Waals surface area contributed by atoms with Crippen molar-refractivity contribution in [3.05, 3.63) is 65.5 Å². The zero-order chi connectivity index (χ0) is 16.3. The van der Waals surface area contributed by atoms with Gasteiger partial charge in [-0.1, -0.05) is 12.1 Å². The Labute approximate surface area is 123 Å². The summed E-state index contributed by atoms with van der Waals surface area (Å²) in [7, 11) is 0. The number of benzene rings is 2. The minimum Gasteiger partial charge on any atom is -0.366 e. The molecule has 0 saturated carbocycles. The van der Waals surface area contributed by atoms with Crippen molar-refractivity contribution >= 4 is 17.5 Å². The van der Waals surface area contributed by atoms with Crippen LogP contribution in [0, 0.1) is 5.82 Å². The number of amides is 2. The smallest absolute Gasteiger partial charge is 0.350 e. The fourth-order valence-electron chi connectivity index (χ4n) is 1.80. The second-order valence-electron chi connectivity index (χ2n) is 4.45. The minimum atomic E-state index is -3.89. The zero-order valence-corrected chi connectivity index (χ0v) is 11.1. The largest absolute Gasteiger partial charge is 0.366 e. The third-order valence-electron chi connectivity index (χ3n) is 2.93. The molecule has 0 fully saturated rings.